The number of nitrogens with zero attached hydrogens (tertiary/aromatic N) is 1. The maximum atomic E-state index is 12.3. The molecule has 3 N–H and O–H groups in total. The van der Waals surface area contributed by atoms with E-state index in [1.807, 2.05) is 0 Å². The summed E-state index contributed by atoms with van der Waals surface area (Å²) in [5.41, 5.74) is 1.45. The summed E-state index contributed by atoms with van der Waals surface area (Å²) in [5.74, 6) is -0.485. The van der Waals surface area contributed by atoms with Crippen LogP contribution in [0, 0.1) is 0 Å². The Morgan fingerprint density at radius 3 is 2.28 bits per heavy atom. The molecule has 3 aromatic rings. The van der Waals surface area contributed by atoms with Gasteiger partial charge in [-0.1, -0.05) is 12.1 Å². The van der Waals surface area contributed by atoms with Gasteiger partial charge in [-0.3, -0.25) is 14.4 Å². The zero-order chi connectivity index (χ0) is 22.9. The first-order valence-corrected chi connectivity index (χ1v) is 9.63. The molecule has 2 amide bonds. The van der Waals surface area contributed by atoms with E-state index < -0.39 is 17.6 Å². The van der Waals surface area contributed by atoms with Gasteiger partial charge < -0.3 is 20.1 Å². The second-order valence-corrected chi connectivity index (χ2v) is 6.45. The SMILES string of the molecule is CCOC(=O)Oc1ccc(C(=O)NCc2ccc(NC(=O)c3ccc(=O)[nH]n3)cc2)cc1. The summed E-state index contributed by atoms with van der Waals surface area (Å²) >= 11 is 0. The Morgan fingerprint density at radius 1 is 0.938 bits per heavy atom. The summed E-state index contributed by atoms with van der Waals surface area (Å²) in [7, 11) is 0. The van der Waals surface area contributed by atoms with E-state index in [-0.39, 0.29) is 30.5 Å². The van der Waals surface area contributed by atoms with Crippen LogP contribution in [-0.4, -0.2) is 34.8 Å². The van der Waals surface area contributed by atoms with E-state index in [1.54, 1.807) is 31.2 Å². The van der Waals surface area contributed by atoms with Crippen LogP contribution in [0.3, 0.4) is 0 Å². The van der Waals surface area contributed by atoms with Gasteiger partial charge in [-0.2, -0.15) is 5.10 Å². The summed E-state index contributed by atoms with van der Waals surface area (Å²) in [6, 6.07) is 15.5. The lowest BCUT2D eigenvalue weighted by molar-refractivity contribution is 0.0950. The largest absolute Gasteiger partial charge is 0.513 e. The number of carbonyl (C=O) groups is 3. The molecule has 0 aliphatic rings. The van der Waals surface area contributed by atoms with Gasteiger partial charge in [0.1, 0.15) is 11.4 Å². The number of carbonyl (C=O) groups excluding carboxylic acids is 3. The smallest absolute Gasteiger partial charge is 0.434 e. The van der Waals surface area contributed by atoms with Gasteiger partial charge in [-0.15, -0.1) is 0 Å². The number of hydrogen-bond acceptors (Lipinski definition) is 7. The molecule has 0 saturated heterocycles. The number of H-pyrrole nitrogens is 1. The number of aromatic nitrogens is 2. The van der Waals surface area contributed by atoms with Gasteiger partial charge in [-0.05, 0) is 55.0 Å². The highest BCUT2D eigenvalue weighted by atomic mass is 16.7. The van der Waals surface area contributed by atoms with Gasteiger partial charge in [0.05, 0.1) is 6.61 Å². The first-order valence-electron chi connectivity index (χ1n) is 9.63. The van der Waals surface area contributed by atoms with Crippen molar-refractivity contribution in [2.45, 2.75) is 13.5 Å². The highest BCUT2D eigenvalue weighted by molar-refractivity contribution is 6.02. The van der Waals surface area contributed by atoms with E-state index in [0.717, 1.165) is 5.56 Å². The van der Waals surface area contributed by atoms with Crippen molar-refractivity contribution in [1.29, 1.82) is 0 Å². The van der Waals surface area contributed by atoms with Gasteiger partial charge in [0.15, 0.2) is 0 Å². The molecule has 0 fully saturated rings. The van der Waals surface area contributed by atoms with E-state index in [1.165, 1.54) is 36.4 Å². The molecule has 0 aliphatic carbocycles. The highest BCUT2D eigenvalue weighted by Crippen LogP contribution is 2.14. The fourth-order valence-electron chi connectivity index (χ4n) is 2.57. The minimum atomic E-state index is -0.806. The lowest BCUT2D eigenvalue weighted by atomic mass is 10.1. The van der Waals surface area contributed by atoms with Gasteiger partial charge >= 0.3 is 6.16 Å². The van der Waals surface area contributed by atoms with Gasteiger partial charge in [0.25, 0.3) is 17.4 Å². The second kappa shape index (κ2) is 10.5. The summed E-state index contributed by atoms with van der Waals surface area (Å²) in [6.45, 7) is 2.15. The minimum Gasteiger partial charge on any atom is -0.434 e. The zero-order valence-electron chi connectivity index (χ0n) is 17.1. The predicted octanol–water partition coefficient (Wildman–Crippen LogP) is 2.49. The fourth-order valence-corrected chi connectivity index (χ4v) is 2.57. The molecule has 0 bridgehead atoms. The molecule has 1 aromatic heterocycles. The molecular formula is C22H20N4O6. The molecule has 32 heavy (non-hydrogen) atoms. The first kappa shape index (κ1) is 22.2. The van der Waals surface area contributed by atoms with Crippen molar-refractivity contribution in [3.63, 3.8) is 0 Å². The van der Waals surface area contributed by atoms with Crippen LogP contribution in [0.1, 0.15) is 33.3 Å². The zero-order valence-corrected chi connectivity index (χ0v) is 17.1. The number of nitrogens with one attached hydrogen (secondary N) is 3. The van der Waals surface area contributed by atoms with Crippen LogP contribution >= 0.6 is 0 Å². The van der Waals surface area contributed by atoms with E-state index in [2.05, 4.69) is 25.6 Å². The third kappa shape index (κ3) is 6.26. The Balaban J connectivity index is 1.50. The monoisotopic (exact) mass is 436 g/mol. The van der Waals surface area contributed by atoms with Crippen LogP contribution in [0.5, 0.6) is 5.75 Å². The number of benzene rings is 2. The number of rotatable bonds is 7. The van der Waals surface area contributed by atoms with Crippen LogP contribution in [0.4, 0.5) is 10.5 Å². The molecule has 0 unspecified atom stereocenters. The fraction of sp³-hybridized carbons (Fsp3) is 0.136. The minimum absolute atomic E-state index is 0.0830. The van der Waals surface area contributed by atoms with Crippen molar-refractivity contribution in [3.05, 3.63) is 87.8 Å². The average Bonchev–Trinajstić information content (AvgIpc) is 2.79. The summed E-state index contributed by atoms with van der Waals surface area (Å²) in [6.07, 6.45) is -0.806. The Bertz CT molecular complexity index is 1140. The van der Waals surface area contributed by atoms with E-state index in [4.69, 9.17) is 4.74 Å². The first-order chi connectivity index (χ1) is 15.4. The lowest BCUT2D eigenvalue weighted by Gasteiger charge is -2.08. The second-order valence-electron chi connectivity index (χ2n) is 6.45. The van der Waals surface area contributed by atoms with Crippen molar-refractivity contribution in [2.24, 2.45) is 0 Å². The molecule has 10 heteroatoms. The third-order valence-corrected chi connectivity index (χ3v) is 4.16. The van der Waals surface area contributed by atoms with Crippen LogP contribution in [0.25, 0.3) is 0 Å². The Morgan fingerprint density at radius 2 is 1.66 bits per heavy atom. The Kier molecular flexibility index (Phi) is 7.31. The normalized spacial score (nSPS) is 10.2. The molecule has 10 nitrogen and oxygen atoms in total. The van der Waals surface area contributed by atoms with Crippen LogP contribution in [0.2, 0.25) is 0 Å². The molecule has 164 valence electrons. The molecular weight excluding hydrogens is 416 g/mol. The predicted molar refractivity (Wildman–Crippen MR) is 115 cm³/mol. The maximum Gasteiger partial charge on any atom is 0.513 e. The number of hydrogen-bond donors (Lipinski definition) is 3. The Hall–Kier alpha value is -4.47. The lowest BCUT2D eigenvalue weighted by Crippen LogP contribution is -2.22. The van der Waals surface area contributed by atoms with Crippen molar-refractivity contribution in [3.8, 4) is 5.75 Å². The van der Waals surface area contributed by atoms with Crippen molar-refractivity contribution in [2.75, 3.05) is 11.9 Å². The number of ether oxygens (including phenoxy) is 2. The van der Waals surface area contributed by atoms with E-state index in [9.17, 15) is 19.2 Å². The average molecular weight is 436 g/mol. The molecule has 1 heterocycles. The van der Waals surface area contributed by atoms with Crippen molar-refractivity contribution in [1.82, 2.24) is 15.5 Å². The van der Waals surface area contributed by atoms with Crippen LogP contribution < -0.4 is 20.9 Å². The summed E-state index contributed by atoms with van der Waals surface area (Å²) in [5, 5.41) is 11.3. The van der Waals surface area contributed by atoms with E-state index in [0.29, 0.717) is 11.3 Å². The van der Waals surface area contributed by atoms with Crippen molar-refractivity contribution >= 4 is 23.7 Å². The van der Waals surface area contributed by atoms with E-state index >= 15 is 0 Å². The van der Waals surface area contributed by atoms with Gasteiger partial charge in [0, 0.05) is 23.9 Å². The molecule has 0 radical (unpaired) electrons. The quantitative estimate of drug-likeness (QED) is 0.382. The maximum absolute atomic E-state index is 12.3. The van der Waals surface area contributed by atoms with Crippen LogP contribution in [-0.2, 0) is 11.3 Å². The van der Waals surface area contributed by atoms with Gasteiger partial charge in [-0.25, -0.2) is 9.89 Å². The molecule has 0 atom stereocenters. The summed E-state index contributed by atoms with van der Waals surface area (Å²) in [4.78, 5) is 46.7. The molecule has 3 rings (SSSR count). The topological polar surface area (TPSA) is 139 Å². The Labute approximate surface area is 182 Å². The van der Waals surface area contributed by atoms with Crippen molar-refractivity contribution < 1.29 is 23.9 Å². The highest BCUT2D eigenvalue weighted by Gasteiger charge is 2.10. The number of amides is 2. The number of aromatic amines is 1. The molecule has 0 aliphatic heterocycles. The summed E-state index contributed by atoms with van der Waals surface area (Å²) < 4.78 is 9.64. The van der Waals surface area contributed by atoms with Gasteiger partial charge in [0.2, 0.25) is 0 Å². The third-order valence-electron chi connectivity index (χ3n) is 4.16. The van der Waals surface area contributed by atoms with Crippen LogP contribution in [0.15, 0.2) is 65.5 Å². The standard InChI is InChI=1S/C22H20N4O6/c1-2-31-22(30)32-17-9-5-15(6-10-17)20(28)23-13-14-3-7-16(8-4-14)24-21(29)18-11-12-19(27)26-25-18/h3-12H,2,13H2,1H3,(H,23,28)(H,24,29)(H,26,27). The number of anilines is 1. The molecule has 2 aromatic carbocycles. The molecule has 0 spiro atoms. The molecule has 0 saturated carbocycles.